The Morgan fingerprint density at radius 3 is 2.18 bits per heavy atom. The minimum absolute atomic E-state index is 0.0888. The van der Waals surface area contributed by atoms with Crippen LogP contribution in [0.3, 0.4) is 0 Å². The van der Waals surface area contributed by atoms with Gasteiger partial charge in [-0.15, -0.1) is 0 Å². The molecule has 0 radical (unpaired) electrons. The standard InChI is InChI=1S/C25H21NO7/c1-16-4-12-22(33-25(28)18-7-9-19(10-8-18)26(29)30)20(14-16)21(27)11-5-17-6-13-23(31-2)24(15-17)32-3/h4-15H,1-3H3. The highest BCUT2D eigenvalue weighted by Gasteiger charge is 2.17. The van der Waals surface area contributed by atoms with E-state index in [0.717, 1.165) is 11.1 Å². The zero-order valence-corrected chi connectivity index (χ0v) is 18.2. The summed E-state index contributed by atoms with van der Waals surface area (Å²) in [5, 5.41) is 10.8. The van der Waals surface area contributed by atoms with Crippen molar-refractivity contribution in [1.82, 2.24) is 0 Å². The predicted octanol–water partition coefficient (Wildman–Crippen LogP) is 5.04. The SMILES string of the molecule is COc1ccc(C=CC(=O)c2cc(C)ccc2OC(=O)c2ccc([N+](=O)[O-])cc2)cc1OC. The molecule has 0 heterocycles. The van der Waals surface area contributed by atoms with E-state index in [-0.39, 0.29) is 28.3 Å². The van der Waals surface area contributed by atoms with E-state index in [2.05, 4.69) is 0 Å². The van der Waals surface area contributed by atoms with Crippen LogP contribution in [0.4, 0.5) is 5.69 Å². The number of esters is 1. The van der Waals surface area contributed by atoms with Crippen molar-refractivity contribution in [2.75, 3.05) is 14.2 Å². The molecule has 0 aliphatic rings. The van der Waals surface area contributed by atoms with Crippen LogP contribution in [0.5, 0.6) is 17.2 Å². The maximum Gasteiger partial charge on any atom is 0.343 e. The van der Waals surface area contributed by atoms with Crippen molar-refractivity contribution in [1.29, 1.82) is 0 Å². The summed E-state index contributed by atoms with van der Waals surface area (Å²) in [4.78, 5) is 35.6. The number of carbonyl (C=O) groups is 2. The lowest BCUT2D eigenvalue weighted by Crippen LogP contribution is -2.11. The van der Waals surface area contributed by atoms with Gasteiger partial charge in [0.2, 0.25) is 0 Å². The second-order valence-corrected chi connectivity index (χ2v) is 7.01. The van der Waals surface area contributed by atoms with Crippen LogP contribution >= 0.6 is 0 Å². The summed E-state index contributed by atoms with van der Waals surface area (Å²) >= 11 is 0. The molecule has 0 fully saturated rings. The summed E-state index contributed by atoms with van der Waals surface area (Å²) in [6.45, 7) is 1.82. The molecule has 0 aliphatic carbocycles. The first-order valence-corrected chi connectivity index (χ1v) is 9.84. The van der Waals surface area contributed by atoms with Gasteiger partial charge in [-0.3, -0.25) is 14.9 Å². The van der Waals surface area contributed by atoms with Gasteiger partial charge in [-0.1, -0.05) is 23.8 Å². The highest BCUT2D eigenvalue weighted by Crippen LogP contribution is 2.28. The van der Waals surface area contributed by atoms with E-state index in [1.54, 1.807) is 36.4 Å². The number of nitro benzene ring substituents is 1. The first kappa shape index (κ1) is 23.2. The Morgan fingerprint density at radius 1 is 0.879 bits per heavy atom. The van der Waals surface area contributed by atoms with E-state index in [0.29, 0.717) is 11.5 Å². The van der Waals surface area contributed by atoms with Crippen molar-refractivity contribution in [3.63, 3.8) is 0 Å². The average molecular weight is 447 g/mol. The number of hydrogen-bond acceptors (Lipinski definition) is 7. The van der Waals surface area contributed by atoms with Gasteiger partial charge in [0.25, 0.3) is 5.69 Å². The first-order valence-electron chi connectivity index (χ1n) is 9.84. The molecule has 168 valence electrons. The average Bonchev–Trinajstić information content (AvgIpc) is 2.83. The van der Waals surface area contributed by atoms with E-state index in [4.69, 9.17) is 14.2 Å². The summed E-state index contributed by atoms with van der Waals surface area (Å²) in [6, 6.07) is 15.1. The number of ketones is 1. The summed E-state index contributed by atoms with van der Waals surface area (Å²) < 4.78 is 15.9. The van der Waals surface area contributed by atoms with E-state index in [1.807, 2.05) is 6.92 Å². The number of carbonyl (C=O) groups excluding carboxylic acids is 2. The zero-order valence-electron chi connectivity index (χ0n) is 18.2. The number of allylic oxidation sites excluding steroid dienone is 1. The number of nitro groups is 1. The van der Waals surface area contributed by atoms with Crippen LogP contribution < -0.4 is 14.2 Å². The molecule has 8 heteroatoms. The van der Waals surface area contributed by atoms with Gasteiger partial charge in [-0.05, 0) is 55.0 Å². The molecule has 33 heavy (non-hydrogen) atoms. The van der Waals surface area contributed by atoms with Crippen LogP contribution in [-0.4, -0.2) is 30.9 Å². The van der Waals surface area contributed by atoms with Crippen LogP contribution in [0.2, 0.25) is 0 Å². The molecule has 3 aromatic rings. The number of rotatable bonds is 8. The van der Waals surface area contributed by atoms with Crippen LogP contribution in [-0.2, 0) is 0 Å². The van der Waals surface area contributed by atoms with Crippen LogP contribution in [0.1, 0.15) is 31.8 Å². The van der Waals surface area contributed by atoms with Crippen molar-refractivity contribution in [3.8, 4) is 17.2 Å². The lowest BCUT2D eigenvalue weighted by atomic mass is 10.0. The molecule has 0 atom stereocenters. The maximum atomic E-state index is 12.9. The van der Waals surface area contributed by atoms with Crippen molar-refractivity contribution < 1.29 is 28.7 Å². The Hall–Kier alpha value is -4.46. The highest BCUT2D eigenvalue weighted by molar-refractivity contribution is 6.09. The largest absolute Gasteiger partial charge is 0.493 e. The first-order chi connectivity index (χ1) is 15.8. The van der Waals surface area contributed by atoms with Crippen molar-refractivity contribution >= 4 is 23.5 Å². The molecule has 0 bridgehead atoms. The molecule has 0 N–H and O–H groups in total. The molecular formula is C25H21NO7. The Labute approximate surface area is 190 Å². The van der Waals surface area contributed by atoms with Gasteiger partial charge in [0.1, 0.15) is 5.75 Å². The Balaban J connectivity index is 1.83. The third-order valence-electron chi connectivity index (χ3n) is 4.75. The van der Waals surface area contributed by atoms with Crippen molar-refractivity contribution in [2.45, 2.75) is 6.92 Å². The molecule has 0 saturated heterocycles. The summed E-state index contributed by atoms with van der Waals surface area (Å²) in [6.07, 6.45) is 2.99. The molecular weight excluding hydrogens is 426 g/mol. The minimum atomic E-state index is -0.730. The van der Waals surface area contributed by atoms with Gasteiger partial charge >= 0.3 is 5.97 Å². The third kappa shape index (κ3) is 5.62. The van der Waals surface area contributed by atoms with E-state index in [1.165, 1.54) is 50.6 Å². The Bertz CT molecular complexity index is 1230. The normalized spacial score (nSPS) is 10.6. The number of nitrogens with zero attached hydrogens (tertiary/aromatic N) is 1. The lowest BCUT2D eigenvalue weighted by molar-refractivity contribution is -0.384. The summed E-state index contributed by atoms with van der Waals surface area (Å²) in [5.41, 5.74) is 1.73. The van der Waals surface area contributed by atoms with Crippen molar-refractivity contribution in [3.05, 3.63) is 99.1 Å². The van der Waals surface area contributed by atoms with Gasteiger partial charge in [0.05, 0.1) is 30.3 Å². The number of ether oxygens (including phenoxy) is 3. The topological polar surface area (TPSA) is 105 Å². The fourth-order valence-electron chi connectivity index (χ4n) is 3.02. The molecule has 3 rings (SSSR count). The Morgan fingerprint density at radius 2 is 1.55 bits per heavy atom. The smallest absolute Gasteiger partial charge is 0.343 e. The van der Waals surface area contributed by atoms with Gasteiger partial charge < -0.3 is 14.2 Å². The van der Waals surface area contributed by atoms with Gasteiger partial charge in [0, 0.05) is 12.1 Å². The molecule has 0 spiro atoms. The van der Waals surface area contributed by atoms with Crippen molar-refractivity contribution in [2.24, 2.45) is 0 Å². The maximum absolute atomic E-state index is 12.9. The molecule has 0 aromatic heterocycles. The van der Waals surface area contributed by atoms with Crippen LogP contribution in [0.25, 0.3) is 6.08 Å². The fourth-order valence-corrected chi connectivity index (χ4v) is 3.02. The predicted molar refractivity (Wildman–Crippen MR) is 122 cm³/mol. The Kier molecular flexibility index (Phi) is 7.20. The molecule has 8 nitrogen and oxygen atoms in total. The summed E-state index contributed by atoms with van der Waals surface area (Å²) in [5.74, 6) is 0.0954. The molecule has 0 amide bonds. The lowest BCUT2D eigenvalue weighted by Gasteiger charge is -2.10. The third-order valence-corrected chi connectivity index (χ3v) is 4.75. The van der Waals surface area contributed by atoms with Crippen LogP contribution in [0, 0.1) is 17.0 Å². The van der Waals surface area contributed by atoms with Gasteiger partial charge in [0.15, 0.2) is 17.3 Å². The van der Waals surface area contributed by atoms with E-state index < -0.39 is 10.9 Å². The number of hydrogen-bond donors (Lipinski definition) is 0. The van der Waals surface area contributed by atoms with Gasteiger partial charge in [-0.25, -0.2) is 4.79 Å². The number of aryl methyl sites for hydroxylation is 1. The number of methoxy groups -OCH3 is 2. The summed E-state index contributed by atoms with van der Waals surface area (Å²) in [7, 11) is 3.06. The van der Waals surface area contributed by atoms with E-state index in [9.17, 15) is 19.7 Å². The van der Waals surface area contributed by atoms with Gasteiger partial charge in [-0.2, -0.15) is 0 Å². The van der Waals surface area contributed by atoms with E-state index >= 15 is 0 Å². The number of benzene rings is 3. The minimum Gasteiger partial charge on any atom is -0.493 e. The second-order valence-electron chi connectivity index (χ2n) is 7.01. The molecule has 0 saturated carbocycles. The highest BCUT2D eigenvalue weighted by atomic mass is 16.6. The quantitative estimate of drug-likeness (QED) is 0.119. The second kappa shape index (κ2) is 10.2. The molecule has 0 unspecified atom stereocenters. The molecule has 3 aromatic carbocycles. The fraction of sp³-hybridized carbons (Fsp3) is 0.120. The monoisotopic (exact) mass is 447 g/mol. The molecule has 0 aliphatic heterocycles. The zero-order chi connectivity index (χ0) is 24.0. The van der Waals surface area contributed by atoms with Crippen LogP contribution in [0.15, 0.2) is 66.7 Å². The number of non-ortho nitro benzene ring substituents is 1.